The molecule has 0 spiro atoms. The molecule has 140 valence electrons. The van der Waals surface area contributed by atoms with E-state index in [1.54, 1.807) is 20.8 Å². The van der Waals surface area contributed by atoms with Gasteiger partial charge in [-0.05, 0) is 36.6 Å². The number of halogens is 1. The molecular formula is C16H23FN2O5S. The van der Waals surface area contributed by atoms with Gasteiger partial charge in [0.1, 0.15) is 17.9 Å². The van der Waals surface area contributed by atoms with Crippen LogP contribution in [0.2, 0.25) is 0 Å². The Morgan fingerprint density at radius 3 is 2.16 bits per heavy atom. The molecule has 1 aromatic carbocycles. The maximum Gasteiger partial charge on any atom is 0.326 e. The average molecular weight is 374 g/mol. The summed E-state index contributed by atoms with van der Waals surface area (Å²) in [5.41, 5.74) is 0. The predicted octanol–water partition coefficient (Wildman–Crippen LogP) is 1.50. The summed E-state index contributed by atoms with van der Waals surface area (Å²) in [7, 11) is -4.04. The molecule has 0 aromatic heterocycles. The van der Waals surface area contributed by atoms with E-state index < -0.39 is 39.8 Å². The number of benzene rings is 1. The smallest absolute Gasteiger partial charge is 0.326 e. The predicted molar refractivity (Wildman–Crippen MR) is 89.8 cm³/mol. The quantitative estimate of drug-likeness (QED) is 0.606. The Kier molecular flexibility index (Phi) is 7.50. The fraction of sp³-hybridized carbons (Fsp3) is 0.500. The molecule has 0 bridgehead atoms. The van der Waals surface area contributed by atoms with E-state index in [1.807, 2.05) is 0 Å². The van der Waals surface area contributed by atoms with Gasteiger partial charge in [-0.2, -0.15) is 4.72 Å². The fourth-order valence-corrected chi connectivity index (χ4v) is 3.41. The van der Waals surface area contributed by atoms with Crippen molar-refractivity contribution in [2.45, 2.75) is 50.6 Å². The number of hydrogen-bond acceptors (Lipinski definition) is 4. The van der Waals surface area contributed by atoms with Crippen molar-refractivity contribution in [3.63, 3.8) is 0 Å². The first-order valence-corrected chi connectivity index (χ1v) is 9.41. The number of carboxylic acid groups (broad SMARTS) is 1. The van der Waals surface area contributed by atoms with Gasteiger partial charge in [-0.1, -0.05) is 27.2 Å². The topological polar surface area (TPSA) is 113 Å². The summed E-state index contributed by atoms with van der Waals surface area (Å²) in [6, 6.07) is 1.92. The maximum absolute atomic E-state index is 12.9. The van der Waals surface area contributed by atoms with Crippen molar-refractivity contribution in [2.75, 3.05) is 0 Å². The van der Waals surface area contributed by atoms with Crippen molar-refractivity contribution in [3.8, 4) is 0 Å². The van der Waals surface area contributed by atoms with Crippen molar-refractivity contribution in [2.24, 2.45) is 5.92 Å². The molecule has 1 aromatic rings. The van der Waals surface area contributed by atoms with Gasteiger partial charge in [-0.3, -0.25) is 4.79 Å². The highest BCUT2D eigenvalue weighted by Gasteiger charge is 2.30. The zero-order valence-electron chi connectivity index (χ0n) is 14.3. The first-order valence-electron chi connectivity index (χ1n) is 7.93. The Morgan fingerprint density at radius 1 is 1.16 bits per heavy atom. The summed E-state index contributed by atoms with van der Waals surface area (Å²) in [5, 5.41) is 11.6. The number of carbonyl (C=O) groups excluding carboxylic acids is 1. The number of rotatable bonds is 9. The molecule has 0 heterocycles. The van der Waals surface area contributed by atoms with Gasteiger partial charge < -0.3 is 10.4 Å². The molecule has 0 saturated carbocycles. The van der Waals surface area contributed by atoms with Crippen molar-refractivity contribution < 1.29 is 27.5 Å². The van der Waals surface area contributed by atoms with Crippen LogP contribution in [0.15, 0.2) is 29.2 Å². The lowest BCUT2D eigenvalue weighted by atomic mass is 9.99. The van der Waals surface area contributed by atoms with E-state index in [0.29, 0.717) is 6.42 Å². The number of nitrogens with one attached hydrogen (secondary N) is 2. The highest BCUT2D eigenvalue weighted by atomic mass is 32.2. The number of carboxylic acids is 1. The van der Waals surface area contributed by atoms with E-state index in [4.69, 9.17) is 0 Å². The van der Waals surface area contributed by atoms with Crippen LogP contribution in [0.25, 0.3) is 0 Å². The SMILES string of the molecule is CCC(NS(=O)(=O)c1ccc(F)cc1)C(=O)NC(C(=O)O)C(C)CC. The lowest BCUT2D eigenvalue weighted by molar-refractivity contribution is -0.143. The molecule has 0 aliphatic carbocycles. The summed E-state index contributed by atoms with van der Waals surface area (Å²) in [6.45, 7) is 5.07. The molecule has 3 unspecified atom stereocenters. The zero-order valence-corrected chi connectivity index (χ0v) is 15.1. The Bertz CT molecular complexity index is 706. The van der Waals surface area contributed by atoms with Gasteiger partial charge in [0.15, 0.2) is 0 Å². The molecule has 7 nitrogen and oxygen atoms in total. The molecule has 1 amide bonds. The standard InChI is InChI=1S/C16H23FN2O5S/c1-4-10(3)14(16(21)22)18-15(20)13(5-2)19-25(23,24)12-8-6-11(17)7-9-12/h6-10,13-14,19H,4-5H2,1-3H3,(H,18,20)(H,21,22). The van der Waals surface area contributed by atoms with Crippen LogP contribution in [0, 0.1) is 11.7 Å². The van der Waals surface area contributed by atoms with Crippen LogP contribution in [0.3, 0.4) is 0 Å². The first kappa shape index (κ1) is 21.0. The minimum Gasteiger partial charge on any atom is -0.480 e. The van der Waals surface area contributed by atoms with E-state index in [1.165, 1.54) is 0 Å². The monoisotopic (exact) mass is 374 g/mol. The maximum atomic E-state index is 12.9. The summed E-state index contributed by atoms with van der Waals surface area (Å²) in [5.74, 6) is -2.80. The molecule has 0 radical (unpaired) electrons. The molecular weight excluding hydrogens is 351 g/mol. The van der Waals surface area contributed by atoms with Gasteiger partial charge in [0.25, 0.3) is 0 Å². The summed E-state index contributed by atoms with van der Waals surface area (Å²) in [6.07, 6.45) is 0.661. The number of amides is 1. The van der Waals surface area contributed by atoms with Crippen LogP contribution in [0.5, 0.6) is 0 Å². The summed E-state index contributed by atoms with van der Waals surface area (Å²) in [4.78, 5) is 23.4. The van der Waals surface area contributed by atoms with Crippen LogP contribution in [0.4, 0.5) is 4.39 Å². The highest BCUT2D eigenvalue weighted by molar-refractivity contribution is 7.89. The largest absolute Gasteiger partial charge is 0.480 e. The number of hydrogen-bond donors (Lipinski definition) is 3. The third-order valence-electron chi connectivity index (χ3n) is 3.92. The Morgan fingerprint density at radius 2 is 1.72 bits per heavy atom. The molecule has 1 rings (SSSR count). The summed E-state index contributed by atoms with van der Waals surface area (Å²) < 4.78 is 39.7. The van der Waals surface area contributed by atoms with E-state index in [9.17, 15) is 27.5 Å². The third kappa shape index (κ3) is 5.79. The summed E-state index contributed by atoms with van der Waals surface area (Å²) >= 11 is 0. The second kappa shape index (κ2) is 8.91. The molecule has 0 aliphatic heterocycles. The van der Waals surface area contributed by atoms with Crippen LogP contribution >= 0.6 is 0 Å². The van der Waals surface area contributed by atoms with Gasteiger partial charge in [0.05, 0.1) is 4.90 Å². The van der Waals surface area contributed by atoms with E-state index >= 15 is 0 Å². The van der Waals surface area contributed by atoms with Crippen molar-refractivity contribution in [1.29, 1.82) is 0 Å². The zero-order chi connectivity index (χ0) is 19.2. The van der Waals surface area contributed by atoms with E-state index in [-0.39, 0.29) is 17.2 Å². The minimum absolute atomic E-state index is 0.124. The molecule has 3 atom stereocenters. The lowest BCUT2D eigenvalue weighted by Crippen LogP contribution is -2.53. The minimum atomic E-state index is -4.04. The van der Waals surface area contributed by atoms with Gasteiger partial charge in [-0.15, -0.1) is 0 Å². The van der Waals surface area contributed by atoms with Crippen LogP contribution in [-0.4, -0.2) is 37.5 Å². The molecule has 3 N–H and O–H groups in total. The van der Waals surface area contributed by atoms with Crippen LogP contribution in [0.1, 0.15) is 33.6 Å². The van der Waals surface area contributed by atoms with Crippen molar-refractivity contribution >= 4 is 21.9 Å². The second-order valence-corrected chi connectivity index (χ2v) is 7.46. The molecule has 25 heavy (non-hydrogen) atoms. The highest BCUT2D eigenvalue weighted by Crippen LogP contribution is 2.12. The molecule has 0 aliphatic rings. The molecule has 0 fully saturated rings. The van der Waals surface area contributed by atoms with Crippen LogP contribution < -0.4 is 10.0 Å². The Balaban J connectivity index is 2.92. The van der Waals surface area contributed by atoms with E-state index in [0.717, 1.165) is 24.3 Å². The number of carbonyl (C=O) groups is 2. The van der Waals surface area contributed by atoms with Gasteiger partial charge >= 0.3 is 5.97 Å². The van der Waals surface area contributed by atoms with Gasteiger partial charge in [0.2, 0.25) is 15.9 Å². The normalized spacial score (nSPS) is 15.2. The lowest BCUT2D eigenvalue weighted by Gasteiger charge is -2.23. The fourth-order valence-electron chi connectivity index (χ4n) is 2.13. The van der Waals surface area contributed by atoms with Gasteiger partial charge in [0, 0.05) is 0 Å². The van der Waals surface area contributed by atoms with E-state index in [2.05, 4.69) is 10.0 Å². The second-order valence-electron chi connectivity index (χ2n) is 5.75. The number of sulfonamides is 1. The third-order valence-corrected chi connectivity index (χ3v) is 5.41. The van der Waals surface area contributed by atoms with Gasteiger partial charge in [-0.25, -0.2) is 17.6 Å². The molecule has 9 heteroatoms. The molecule has 0 saturated heterocycles. The Labute approximate surface area is 146 Å². The average Bonchev–Trinajstić information content (AvgIpc) is 2.56. The number of aliphatic carboxylic acids is 1. The Hall–Kier alpha value is -2.00. The van der Waals surface area contributed by atoms with Crippen molar-refractivity contribution in [1.82, 2.24) is 10.0 Å². The van der Waals surface area contributed by atoms with Crippen LogP contribution in [-0.2, 0) is 19.6 Å². The van der Waals surface area contributed by atoms with Crippen molar-refractivity contribution in [3.05, 3.63) is 30.1 Å². The first-order chi connectivity index (χ1) is 11.6.